The lowest BCUT2D eigenvalue weighted by atomic mass is 10.1. The molecule has 2 N–H and O–H groups in total. The Bertz CT molecular complexity index is 1150. The first kappa shape index (κ1) is 16.4. The van der Waals surface area contributed by atoms with Gasteiger partial charge in [0.15, 0.2) is 5.69 Å². The van der Waals surface area contributed by atoms with Gasteiger partial charge < -0.3 is 10.1 Å². The van der Waals surface area contributed by atoms with E-state index in [4.69, 9.17) is 0 Å². The van der Waals surface area contributed by atoms with Gasteiger partial charge in [-0.2, -0.15) is 5.11 Å². The first-order valence-corrected chi connectivity index (χ1v) is 8.05. The standard InChI is InChI=1S/C19H13N5O3/c25-18-10-9-12(22-23-16-7-3-4-8-17(16)24(26)27)11-13(18)19-20-14-5-1-2-6-15(14)21-19/h1-11,25H,(H,20,21). The van der Waals surface area contributed by atoms with E-state index in [0.29, 0.717) is 17.1 Å². The summed E-state index contributed by atoms with van der Waals surface area (Å²) in [4.78, 5) is 18.2. The van der Waals surface area contributed by atoms with Gasteiger partial charge in [0.2, 0.25) is 0 Å². The molecule has 0 saturated carbocycles. The number of fused-ring (bicyclic) bond motifs is 1. The molecule has 3 aromatic carbocycles. The van der Waals surface area contributed by atoms with Crippen LogP contribution in [0.2, 0.25) is 0 Å². The number of benzene rings is 3. The average molecular weight is 359 g/mol. The van der Waals surface area contributed by atoms with Crippen molar-refractivity contribution in [3.63, 3.8) is 0 Å². The maximum Gasteiger partial charge on any atom is 0.296 e. The number of aromatic nitrogens is 2. The predicted molar refractivity (Wildman–Crippen MR) is 100 cm³/mol. The molecule has 0 bridgehead atoms. The number of hydrogen-bond donors (Lipinski definition) is 2. The summed E-state index contributed by atoms with van der Waals surface area (Å²) in [7, 11) is 0. The zero-order valence-corrected chi connectivity index (χ0v) is 13.9. The zero-order valence-electron chi connectivity index (χ0n) is 13.9. The maximum absolute atomic E-state index is 11.1. The fourth-order valence-electron chi connectivity index (χ4n) is 2.67. The molecule has 8 nitrogen and oxygen atoms in total. The number of nitrogens with one attached hydrogen (secondary N) is 1. The summed E-state index contributed by atoms with van der Waals surface area (Å²) in [6.45, 7) is 0. The molecule has 1 heterocycles. The molecule has 8 heteroatoms. The molecular weight excluding hydrogens is 346 g/mol. The second-order valence-electron chi connectivity index (χ2n) is 5.75. The minimum atomic E-state index is -0.509. The Morgan fingerprint density at radius 2 is 1.78 bits per heavy atom. The topological polar surface area (TPSA) is 117 Å². The van der Waals surface area contributed by atoms with Gasteiger partial charge in [-0.05, 0) is 36.4 Å². The number of nitrogens with zero attached hydrogens (tertiary/aromatic N) is 4. The number of nitro benzene ring substituents is 1. The number of phenols is 1. The molecule has 0 atom stereocenters. The SMILES string of the molecule is O=[N+]([O-])c1ccccc1N=Nc1ccc(O)c(-c2nc3ccccc3[nH]2)c1. The number of hydrogen-bond acceptors (Lipinski definition) is 6. The van der Waals surface area contributed by atoms with E-state index in [1.54, 1.807) is 24.3 Å². The van der Waals surface area contributed by atoms with Crippen molar-refractivity contribution < 1.29 is 10.0 Å². The van der Waals surface area contributed by atoms with Gasteiger partial charge in [-0.15, -0.1) is 5.11 Å². The Hall–Kier alpha value is -4.07. The zero-order chi connectivity index (χ0) is 18.8. The summed E-state index contributed by atoms with van der Waals surface area (Å²) in [6.07, 6.45) is 0. The lowest BCUT2D eigenvalue weighted by molar-refractivity contribution is -0.384. The third-order valence-corrected chi connectivity index (χ3v) is 3.98. The van der Waals surface area contributed by atoms with Gasteiger partial charge in [-0.3, -0.25) is 10.1 Å². The molecule has 27 heavy (non-hydrogen) atoms. The number of nitro groups is 1. The minimum absolute atomic E-state index is 0.0405. The van der Waals surface area contributed by atoms with E-state index in [2.05, 4.69) is 20.2 Å². The molecular formula is C19H13N5O3. The first-order chi connectivity index (χ1) is 13.1. The summed E-state index contributed by atoms with van der Waals surface area (Å²) in [5, 5.41) is 29.3. The highest BCUT2D eigenvalue weighted by atomic mass is 16.6. The molecule has 132 valence electrons. The van der Waals surface area contributed by atoms with Crippen LogP contribution in [0.4, 0.5) is 17.1 Å². The van der Waals surface area contributed by atoms with Crippen LogP contribution >= 0.6 is 0 Å². The first-order valence-electron chi connectivity index (χ1n) is 8.05. The highest BCUT2D eigenvalue weighted by Crippen LogP contribution is 2.34. The number of H-pyrrole nitrogens is 1. The quantitative estimate of drug-likeness (QED) is 0.293. The van der Waals surface area contributed by atoms with E-state index in [-0.39, 0.29) is 17.1 Å². The predicted octanol–water partition coefficient (Wildman–Crippen LogP) is 5.26. The number of phenolic OH excluding ortho intramolecular Hbond substituents is 1. The molecule has 0 aliphatic heterocycles. The van der Waals surface area contributed by atoms with E-state index in [1.165, 1.54) is 18.2 Å². The molecule has 0 aliphatic carbocycles. The van der Waals surface area contributed by atoms with Crippen LogP contribution in [0.3, 0.4) is 0 Å². The molecule has 1 aromatic heterocycles. The van der Waals surface area contributed by atoms with Crippen molar-refractivity contribution in [2.24, 2.45) is 10.2 Å². The summed E-state index contributed by atoms with van der Waals surface area (Å²) < 4.78 is 0. The van der Waals surface area contributed by atoms with E-state index in [9.17, 15) is 15.2 Å². The van der Waals surface area contributed by atoms with Crippen molar-refractivity contribution in [1.82, 2.24) is 9.97 Å². The Morgan fingerprint density at radius 3 is 2.59 bits per heavy atom. The van der Waals surface area contributed by atoms with Gasteiger partial charge >= 0.3 is 0 Å². The number of rotatable bonds is 4. The summed E-state index contributed by atoms with van der Waals surface area (Å²) in [5.41, 5.74) is 2.54. The second kappa shape index (κ2) is 6.68. The molecule has 0 fully saturated rings. The van der Waals surface area contributed by atoms with Gasteiger partial charge in [0.25, 0.3) is 5.69 Å². The third-order valence-electron chi connectivity index (χ3n) is 3.98. The average Bonchev–Trinajstić information content (AvgIpc) is 3.11. The van der Waals surface area contributed by atoms with Gasteiger partial charge in [0, 0.05) is 6.07 Å². The van der Waals surface area contributed by atoms with Gasteiger partial charge in [0.1, 0.15) is 11.6 Å². The lowest BCUT2D eigenvalue weighted by Crippen LogP contribution is -1.87. The largest absolute Gasteiger partial charge is 0.507 e. The van der Waals surface area contributed by atoms with Crippen LogP contribution in [0.25, 0.3) is 22.4 Å². The third kappa shape index (κ3) is 3.23. The van der Waals surface area contributed by atoms with E-state index >= 15 is 0 Å². The molecule has 4 aromatic rings. The minimum Gasteiger partial charge on any atom is -0.507 e. The fraction of sp³-hybridized carbons (Fsp3) is 0. The maximum atomic E-state index is 11.1. The van der Waals surface area contributed by atoms with Crippen molar-refractivity contribution in [1.29, 1.82) is 0 Å². The van der Waals surface area contributed by atoms with E-state index < -0.39 is 4.92 Å². The normalized spacial score (nSPS) is 11.3. The highest BCUT2D eigenvalue weighted by molar-refractivity contribution is 5.81. The Balaban J connectivity index is 1.72. The fourth-order valence-corrected chi connectivity index (χ4v) is 2.67. The Morgan fingerprint density at radius 1 is 1.00 bits per heavy atom. The summed E-state index contributed by atoms with van der Waals surface area (Å²) in [5.74, 6) is 0.537. The Labute approximate surface area is 153 Å². The number of aromatic hydroxyl groups is 1. The van der Waals surface area contributed by atoms with Crippen molar-refractivity contribution in [2.45, 2.75) is 0 Å². The number of imidazole rings is 1. The second-order valence-corrected chi connectivity index (χ2v) is 5.75. The lowest BCUT2D eigenvalue weighted by Gasteiger charge is -2.02. The molecule has 0 unspecified atom stereocenters. The van der Waals surface area contributed by atoms with Crippen LogP contribution in [0.5, 0.6) is 5.75 Å². The van der Waals surface area contributed by atoms with Crippen molar-refractivity contribution in [3.8, 4) is 17.1 Å². The highest BCUT2D eigenvalue weighted by Gasteiger charge is 2.13. The molecule has 0 spiro atoms. The summed E-state index contributed by atoms with van der Waals surface area (Å²) in [6, 6.07) is 18.3. The van der Waals surface area contributed by atoms with Crippen LogP contribution in [0.1, 0.15) is 0 Å². The molecule has 0 saturated heterocycles. The van der Waals surface area contributed by atoms with Crippen molar-refractivity contribution in [2.75, 3.05) is 0 Å². The monoisotopic (exact) mass is 359 g/mol. The van der Waals surface area contributed by atoms with E-state index in [1.807, 2.05) is 24.3 Å². The molecule has 0 radical (unpaired) electrons. The molecule has 4 rings (SSSR count). The van der Waals surface area contributed by atoms with Crippen LogP contribution in [-0.4, -0.2) is 20.0 Å². The van der Waals surface area contributed by atoms with Crippen LogP contribution in [0, 0.1) is 10.1 Å². The number of aromatic amines is 1. The van der Waals surface area contributed by atoms with Crippen molar-refractivity contribution >= 4 is 28.1 Å². The van der Waals surface area contributed by atoms with Gasteiger partial charge in [-0.25, -0.2) is 4.98 Å². The molecule has 0 amide bonds. The van der Waals surface area contributed by atoms with E-state index in [0.717, 1.165) is 11.0 Å². The van der Waals surface area contributed by atoms with Crippen LogP contribution in [-0.2, 0) is 0 Å². The van der Waals surface area contributed by atoms with Crippen LogP contribution in [0.15, 0.2) is 77.0 Å². The van der Waals surface area contributed by atoms with Crippen LogP contribution < -0.4 is 0 Å². The molecule has 0 aliphatic rings. The Kier molecular flexibility index (Phi) is 4.06. The van der Waals surface area contributed by atoms with Crippen molar-refractivity contribution in [3.05, 3.63) is 76.8 Å². The smallest absolute Gasteiger partial charge is 0.296 e. The number of azo groups is 1. The van der Waals surface area contributed by atoms with Gasteiger partial charge in [-0.1, -0.05) is 24.3 Å². The number of para-hydroxylation sites is 3. The van der Waals surface area contributed by atoms with Gasteiger partial charge in [0.05, 0.1) is 27.2 Å². The summed E-state index contributed by atoms with van der Waals surface area (Å²) >= 11 is 0.